The SMILES string of the molecule is C=C/C=C\C.C=CC.CS.c1ccc(-c2cccc(-c3cccc(-c4ccc5c(c4)-c4cccc(-c6cccc(-n7c8ccccc8c8cc(P(c9ccccc9)c9ccccc9)ccc87)c6)c4C5)c3)c2)cc1. The van der Waals surface area contributed by atoms with Crippen LogP contribution >= 0.6 is 20.6 Å². The smallest absolute Gasteiger partial charge is 0.0541 e. The highest BCUT2D eigenvalue weighted by Gasteiger charge is 2.24. The number of thiol groups is 1. The van der Waals surface area contributed by atoms with E-state index >= 15 is 0 Å². The van der Waals surface area contributed by atoms with E-state index in [2.05, 4.69) is 273 Å². The molecule has 356 valence electrons. The van der Waals surface area contributed by atoms with Gasteiger partial charge in [-0.2, -0.15) is 12.6 Å². The van der Waals surface area contributed by atoms with E-state index in [4.69, 9.17) is 0 Å². The number of allylic oxidation sites excluding steroid dienone is 4. The summed E-state index contributed by atoms with van der Waals surface area (Å²) in [6.45, 7) is 10.7. The second-order valence-electron chi connectivity index (χ2n) is 17.7. The Morgan fingerprint density at radius 3 is 1.53 bits per heavy atom. The number of nitrogens with zero attached hydrogens (tertiary/aromatic N) is 1. The van der Waals surface area contributed by atoms with Gasteiger partial charge in [-0.15, -0.1) is 6.58 Å². The molecule has 1 nitrogen and oxygen atoms in total. The lowest BCUT2D eigenvalue weighted by Crippen LogP contribution is -2.20. The van der Waals surface area contributed by atoms with E-state index in [1.54, 1.807) is 18.4 Å². The van der Waals surface area contributed by atoms with Gasteiger partial charge in [-0.1, -0.05) is 225 Å². The summed E-state index contributed by atoms with van der Waals surface area (Å²) in [7, 11) is -0.722. The van der Waals surface area contributed by atoms with Crippen LogP contribution in [-0.4, -0.2) is 10.8 Å². The Morgan fingerprint density at radius 1 is 0.411 bits per heavy atom. The maximum absolute atomic E-state index is 3.53. The summed E-state index contributed by atoms with van der Waals surface area (Å²) >= 11 is 3.53. The highest BCUT2D eigenvalue weighted by molar-refractivity contribution is 7.80. The monoisotopic (exact) mass is 977 g/mol. The van der Waals surface area contributed by atoms with Crippen LogP contribution in [0.2, 0.25) is 0 Å². The Balaban J connectivity index is 0.000000608. The lowest BCUT2D eigenvalue weighted by atomic mass is 9.94. The van der Waals surface area contributed by atoms with Gasteiger partial charge >= 0.3 is 0 Å². The zero-order chi connectivity index (χ0) is 50.5. The second kappa shape index (κ2) is 23.9. The Morgan fingerprint density at radius 2 is 0.918 bits per heavy atom. The van der Waals surface area contributed by atoms with Gasteiger partial charge in [0.2, 0.25) is 0 Å². The fourth-order valence-corrected chi connectivity index (χ4v) is 12.3. The van der Waals surface area contributed by atoms with Crippen LogP contribution in [0.4, 0.5) is 0 Å². The minimum atomic E-state index is -0.722. The number of hydrogen-bond acceptors (Lipinski definition) is 1. The molecule has 11 aromatic rings. The molecule has 0 aliphatic heterocycles. The van der Waals surface area contributed by atoms with Gasteiger partial charge in [-0.3, -0.25) is 0 Å². The Labute approximate surface area is 439 Å². The van der Waals surface area contributed by atoms with E-state index in [9.17, 15) is 0 Å². The van der Waals surface area contributed by atoms with Crippen molar-refractivity contribution in [3.63, 3.8) is 0 Å². The number of benzene rings is 10. The van der Waals surface area contributed by atoms with Crippen molar-refractivity contribution in [2.45, 2.75) is 20.3 Å². The second-order valence-corrected chi connectivity index (χ2v) is 19.9. The van der Waals surface area contributed by atoms with Crippen LogP contribution in [0.15, 0.2) is 280 Å². The Hall–Kier alpha value is -8.00. The first kappa shape index (κ1) is 50.0. The molecule has 0 N–H and O–H groups in total. The number of hydrogen-bond donors (Lipinski definition) is 1. The third-order valence-electron chi connectivity index (χ3n) is 13.1. The molecule has 1 aliphatic carbocycles. The van der Waals surface area contributed by atoms with Crippen molar-refractivity contribution in [1.29, 1.82) is 0 Å². The van der Waals surface area contributed by atoms with Crippen molar-refractivity contribution in [3.05, 3.63) is 291 Å². The lowest BCUT2D eigenvalue weighted by molar-refractivity contribution is 1.18. The van der Waals surface area contributed by atoms with Crippen molar-refractivity contribution in [2.75, 3.05) is 6.26 Å². The molecule has 10 aromatic carbocycles. The number of aromatic nitrogens is 1. The first-order chi connectivity index (χ1) is 36.1. The van der Waals surface area contributed by atoms with Crippen LogP contribution in [0.3, 0.4) is 0 Å². The number of para-hydroxylation sites is 1. The average Bonchev–Trinajstić information content (AvgIpc) is 4.01. The summed E-state index contributed by atoms with van der Waals surface area (Å²) in [5, 5.41) is 6.63. The molecule has 12 rings (SSSR count). The molecule has 73 heavy (non-hydrogen) atoms. The summed E-state index contributed by atoms with van der Waals surface area (Å²) in [6, 6.07) is 89.6. The van der Waals surface area contributed by atoms with E-state index in [0.717, 1.165) is 6.42 Å². The fourth-order valence-electron chi connectivity index (χ4n) is 9.97. The molecule has 0 radical (unpaired) electrons. The molecule has 0 spiro atoms. The van der Waals surface area contributed by atoms with Crippen molar-refractivity contribution in [1.82, 2.24) is 4.57 Å². The van der Waals surface area contributed by atoms with Crippen LogP contribution in [-0.2, 0) is 6.42 Å². The first-order valence-electron chi connectivity index (χ1n) is 24.9. The third-order valence-corrected chi connectivity index (χ3v) is 15.6. The van der Waals surface area contributed by atoms with E-state index in [1.807, 2.05) is 26.0 Å². The van der Waals surface area contributed by atoms with E-state index < -0.39 is 7.92 Å². The summed E-state index contributed by atoms with van der Waals surface area (Å²) in [5.41, 5.74) is 19.0. The van der Waals surface area contributed by atoms with Crippen molar-refractivity contribution in [2.24, 2.45) is 0 Å². The Bertz CT molecular complexity index is 3640. The predicted molar refractivity (Wildman–Crippen MR) is 325 cm³/mol. The quantitative estimate of drug-likeness (QED) is 0.0636. The highest BCUT2D eigenvalue weighted by atomic mass is 32.1. The molecular weight excluding hydrogens is 918 g/mol. The van der Waals surface area contributed by atoms with Crippen LogP contribution in [0.1, 0.15) is 25.0 Å². The Kier molecular flexibility index (Phi) is 16.4. The molecule has 1 heterocycles. The van der Waals surface area contributed by atoms with Gasteiger partial charge in [-0.25, -0.2) is 0 Å². The van der Waals surface area contributed by atoms with Gasteiger partial charge in [0.15, 0.2) is 0 Å². The molecule has 0 saturated heterocycles. The first-order valence-corrected chi connectivity index (χ1v) is 27.1. The zero-order valence-electron chi connectivity index (χ0n) is 41.9. The molecule has 0 amide bonds. The van der Waals surface area contributed by atoms with Gasteiger partial charge < -0.3 is 4.57 Å². The third kappa shape index (κ3) is 10.8. The molecule has 1 aromatic heterocycles. The fraction of sp³-hybridized carbons (Fsp3) is 0.0571. The molecule has 0 bridgehead atoms. The zero-order valence-corrected chi connectivity index (χ0v) is 43.7. The summed E-state index contributed by atoms with van der Waals surface area (Å²) < 4.78 is 2.46. The van der Waals surface area contributed by atoms with Crippen LogP contribution in [0, 0.1) is 0 Å². The maximum atomic E-state index is 3.53. The average molecular weight is 978 g/mol. The van der Waals surface area contributed by atoms with Gasteiger partial charge in [0.1, 0.15) is 0 Å². The van der Waals surface area contributed by atoms with Gasteiger partial charge in [0.05, 0.1) is 11.0 Å². The summed E-state index contributed by atoms with van der Waals surface area (Å²) in [4.78, 5) is 0. The molecule has 0 saturated carbocycles. The molecule has 0 unspecified atom stereocenters. The molecule has 1 aliphatic rings. The topological polar surface area (TPSA) is 4.93 Å². The van der Waals surface area contributed by atoms with Crippen molar-refractivity contribution in [3.8, 4) is 61.3 Å². The summed E-state index contributed by atoms with van der Waals surface area (Å²) in [5.74, 6) is 0. The maximum Gasteiger partial charge on any atom is 0.0541 e. The largest absolute Gasteiger partial charge is 0.309 e. The van der Waals surface area contributed by atoms with Gasteiger partial charge in [-0.05, 0) is 166 Å². The standard InChI is InChI=1S/C61H42NP.C5H8.C3H6.CH4S/c1-4-16-42(17-5-1)43-18-12-19-44(36-43)45-20-13-21-46(37-45)47-32-33-49-40-58-54(29-15-30-55(58)57(49)39-47)48-22-14-23-50(38-48)62-60-31-11-10-28-56(60)59-41-53(34-35-61(59)62)63(51-24-6-2-7-25-51)52-26-8-3-9-27-52;1-3-5-4-2;1-3-2;1-2/h1-39,41H,40H2;3-5H,1H2,2H3;3H,1H2,2H3;2H,1H3/b;5-4-;;. The van der Waals surface area contributed by atoms with Crippen molar-refractivity contribution >= 4 is 58.3 Å². The van der Waals surface area contributed by atoms with Crippen molar-refractivity contribution < 1.29 is 0 Å². The number of fused-ring (bicyclic) bond motifs is 6. The van der Waals surface area contributed by atoms with Gasteiger partial charge in [0, 0.05) is 16.5 Å². The minimum absolute atomic E-state index is 0.722. The molecule has 3 heteroatoms. The van der Waals surface area contributed by atoms with Crippen LogP contribution < -0.4 is 15.9 Å². The summed E-state index contributed by atoms with van der Waals surface area (Å²) in [6.07, 6.45) is 9.94. The van der Waals surface area contributed by atoms with E-state index in [0.29, 0.717) is 0 Å². The molecule has 0 fully saturated rings. The number of rotatable bonds is 9. The van der Waals surface area contributed by atoms with Crippen LogP contribution in [0.5, 0.6) is 0 Å². The lowest BCUT2D eigenvalue weighted by Gasteiger charge is -2.19. The minimum Gasteiger partial charge on any atom is -0.309 e. The normalized spacial score (nSPS) is 11.1. The highest BCUT2D eigenvalue weighted by Crippen LogP contribution is 2.44. The van der Waals surface area contributed by atoms with E-state index in [-0.39, 0.29) is 0 Å². The van der Waals surface area contributed by atoms with Gasteiger partial charge in [0.25, 0.3) is 0 Å². The predicted octanol–water partition coefficient (Wildman–Crippen LogP) is 18.3. The van der Waals surface area contributed by atoms with Crippen LogP contribution in [0.25, 0.3) is 83.1 Å². The molecule has 0 atom stereocenters. The van der Waals surface area contributed by atoms with E-state index in [1.165, 1.54) is 110 Å². The molecular formula is C70H60NPS.